The second-order valence-corrected chi connectivity index (χ2v) is 10.3. The predicted octanol–water partition coefficient (Wildman–Crippen LogP) is 3.51. The first-order valence-corrected chi connectivity index (χ1v) is 12.4. The quantitative estimate of drug-likeness (QED) is 0.528. The summed E-state index contributed by atoms with van der Waals surface area (Å²) < 4.78 is 48.9. The number of benzene rings is 2. The molecule has 0 spiro atoms. The normalized spacial score (nSPS) is 18.7. The number of hydrogen-bond acceptors (Lipinski definition) is 6. The van der Waals surface area contributed by atoms with Crippen molar-refractivity contribution in [2.45, 2.75) is 25.1 Å². The molecule has 0 bridgehead atoms. The number of nitrogens with zero attached hydrogens (tertiary/aromatic N) is 1. The van der Waals surface area contributed by atoms with Gasteiger partial charge in [0.2, 0.25) is 0 Å². The second kappa shape index (κ2) is 9.85. The molecule has 1 N–H and O–H groups in total. The summed E-state index contributed by atoms with van der Waals surface area (Å²) in [5.74, 6) is 1.79. The number of aliphatic hydroxyl groups is 1. The van der Waals surface area contributed by atoms with Crippen LogP contribution in [0, 0.1) is 5.82 Å². The molecule has 1 saturated heterocycles. The van der Waals surface area contributed by atoms with E-state index in [-0.39, 0.29) is 36.5 Å². The molecule has 0 saturated carbocycles. The second-order valence-electron chi connectivity index (χ2n) is 8.04. The first-order chi connectivity index (χ1) is 15.4. The summed E-state index contributed by atoms with van der Waals surface area (Å²) in [5.41, 5.74) is 0.754. The van der Waals surface area contributed by atoms with Crippen LogP contribution >= 0.6 is 0 Å². The van der Waals surface area contributed by atoms with E-state index in [2.05, 4.69) is 0 Å². The Hall–Kier alpha value is -2.68. The molecule has 3 aromatic rings. The van der Waals surface area contributed by atoms with E-state index in [4.69, 9.17) is 9.15 Å². The minimum absolute atomic E-state index is 0.0603. The van der Waals surface area contributed by atoms with Crippen molar-refractivity contribution in [2.24, 2.45) is 0 Å². The maximum absolute atomic E-state index is 13.2. The molecule has 1 aliphatic heterocycles. The van der Waals surface area contributed by atoms with Crippen LogP contribution in [-0.2, 0) is 16.4 Å². The zero-order valence-corrected chi connectivity index (χ0v) is 18.4. The van der Waals surface area contributed by atoms with Crippen molar-refractivity contribution in [2.75, 3.05) is 24.7 Å². The van der Waals surface area contributed by atoms with Crippen molar-refractivity contribution in [1.29, 1.82) is 0 Å². The monoisotopic (exact) mass is 459 g/mol. The van der Waals surface area contributed by atoms with E-state index in [9.17, 15) is 17.9 Å². The summed E-state index contributed by atoms with van der Waals surface area (Å²) in [6, 6.07) is 18.7. The molecule has 0 radical (unpaired) electrons. The van der Waals surface area contributed by atoms with Crippen molar-refractivity contribution in [1.82, 2.24) is 4.90 Å². The topological polar surface area (TPSA) is 80.0 Å². The van der Waals surface area contributed by atoms with Gasteiger partial charge in [-0.25, -0.2) is 12.8 Å². The van der Waals surface area contributed by atoms with E-state index in [0.717, 1.165) is 5.56 Å². The van der Waals surface area contributed by atoms with Crippen LogP contribution in [0.5, 0.6) is 5.75 Å². The van der Waals surface area contributed by atoms with Crippen LogP contribution in [0.4, 0.5) is 4.39 Å². The summed E-state index contributed by atoms with van der Waals surface area (Å²) in [6.45, 7) is 0.697. The van der Waals surface area contributed by atoms with Gasteiger partial charge in [-0.3, -0.25) is 4.90 Å². The fourth-order valence-electron chi connectivity index (χ4n) is 3.87. The fraction of sp³-hybridized carbons (Fsp3) is 0.333. The molecule has 1 aromatic heterocycles. The summed E-state index contributed by atoms with van der Waals surface area (Å²) in [7, 11) is -3.09. The molecule has 170 valence electrons. The van der Waals surface area contributed by atoms with Crippen molar-refractivity contribution in [3.8, 4) is 17.1 Å². The van der Waals surface area contributed by atoms with Crippen LogP contribution in [0.15, 0.2) is 71.1 Å². The van der Waals surface area contributed by atoms with Crippen molar-refractivity contribution in [3.63, 3.8) is 0 Å². The number of sulfone groups is 1. The standard InChI is InChI=1S/C24H26FNO5S/c25-19-8-6-18(7-9-19)24-11-10-23(31-24)15-26(20-12-13-32(28,29)17-20)14-21(27)16-30-22-4-2-1-3-5-22/h1-11,20-21,27H,12-17H2. The van der Waals surface area contributed by atoms with Crippen LogP contribution in [-0.4, -0.2) is 55.2 Å². The van der Waals surface area contributed by atoms with E-state index in [1.807, 2.05) is 41.3 Å². The summed E-state index contributed by atoms with van der Waals surface area (Å²) in [5, 5.41) is 10.6. The van der Waals surface area contributed by atoms with Gasteiger partial charge >= 0.3 is 0 Å². The lowest BCUT2D eigenvalue weighted by molar-refractivity contribution is 0.0498. The van der Waals surface area contributed by atoms with Crippen LogP contribution in [0.1, 0.15) is 12.2 Å². The van der Waals surface area contributed by atoms with Crippen LogP contribution in [0.2, 0.25) is 0 Å². The summed E-state index contributed by atoms with van der Waals surface area (Å²) in [4.78, 5) is 1.94. The lowest BCUT2D eigenvalue weighted by Crippen LogP contribution is -2.42. The largest absolute Gasteiger partial charge is 0.491 e. The van der Waals surface area contributed by atoms with Crippen LogP contribution in [0.3, 0.4) is 0 Å². The Bertz CT molecular complexity index is 1110. The van der Waals surface area contributed by atoms with E-state index < -0.39 is 15.9 Å². The van der Waals surface area contributed by atoms with Gasteiger partial charge in [-0.2, -0.15) is 0 Å². The number of furan rings is 1. The predicted molar refractivity (Wildman–Crippen MR) is 120 cm³/mol. The van der Waals surface area contributed by atoms with Gasteiger partial charge in [0, 0.05) is 18.2 Å². The molecule has 2 atom stereocenters. The van der Waals surface area contributed by atoms with E-state index in [0.29, 0.717) is 30.2 Å². The molecule has 0 amide bonds. The number of para-hydroxylation sites is 1. The molecule has 6 nitrogen and oxygen atoms in total. The van der Waals surface area contributed by atoms with E-state index in [1.165, 1.54) is 12.1 Å². The maximum atomic E-state index is 13.2. The molecular formula is C24H26FNO5S. The van der Waals surface area contributed by atoms with E-state index >= 15 is 0 Å². The highest BCUT2D eigenvalue weighted by molar-refractivity contribution is 7.91. The average molecular weight is 460 g/mol. The SMILES string of the molecule is O=S1(=O)CCC(N(Cc2ccc(-c3ccc(F)cc3)o2)CC(O)COc2ccccc2)C1. The number of rotatable bonds is 9. The van der Waals surface area contributed by atoms with Gasteiger partial charge in [-0.1, -0.05) is 18.2 Å². The Balaban J connectivity index is 1.44. The number of halogens is 1. The molecule has 32 heavy (non-hydrogen) atoms. The Morgan fingerprint density at radius 3 is 2.53 bits per heavy atom. The maximum Gasteiger partial charge on any atom is 0.151 e. The number of aliphatic hydroxyl groups excluding tert-OH is 1. The molecule has 8 heteroatoms. The third kappa shape index (κ3) is 5.97. The first-order valence-electron chi connectivity index (χ1n) is 10.5. The van der Waals surface area contributed by atoms with Crippen molar-refractivity contribution >= 4 is 9.84 Å². The highest BCUT2D eigenvalue weighted by Gasteiger charge is 2.33. The number of hydrogen-bond donors (Lipinski definition) is 1. The van der Waals surface area contributed by atoms with Crippen molar-refractivity contribution in [3.05, 3.63) is 78.3 Å². The zero-order chi connectivity index (χ0) is 22.6. The summed E-state index contributed by atoms with van der Waals surface area (Å²) >= 11 is 0. The zero-order valence-electron chi connectivity index (χ0n) is 17.6. The molecule has 0 aliphatic carbocycles. The van der Waals surface area contributed by atoms with Gasteiger partial charge in [-0.15, -0.1) is 0 Å². The minimum atomic E-state index is -3.09. The highest BCUT2D eigenvalue weighted by Crippen LogP contribution is 2.25. The lowest BCUT2D eigenvalue weighted by atomic mass is 10.2. The van der Waals surface area contributed by atoms with Gasteiger partial charge in [-0.05, 0) is 55.0 Å². The molecular weight excluding hydrogens is 433 g/mol. The molecule has 2 unspecified atom stereocenters. The average Bonchev–Trinajstić information content (AvgIpc) is 3.39. The summed E-state index contributed by atoms with van der Waals surface area (Å²) in [6.07, 6.45) is -0.287. The minimum Gasteiger partial charge on any atom is -0.491 e. The smallest absolute Gasteiger partial charge is 0.151 e. The van der Waals surface area contributed by atoms with Crippen LogP contribution in [0.25, 0.3) is 11.3 Å². The van der Waals surface area contributed by atoms with Gasteiger partial charge < -0.3 is 14.3 Å². The lowest BCUT2D eigenvalue weighted by Gasteiger charge is -2.29. The third-order valence-corrected chi connectivity index (χ3v) is 7.26. The molecule has 2 aromatic carbocycles. The Labute approximate surface area is 187 Å². The molecule has 1 fully saturated rings. The molecule has 2 heterocycles. The Kier molecular flexibility index (Phi) is 6.93. The third-order valence-electron chi connectivity index (χ3n) is 5.50. The van der Waals surface area contributed by atoms with Gasteiger partial charge in [0.05, 0.1) is 18.1 Å². The molecule has 1 aliphatic rings. The Morgan fingerprint density at radius 1 is 1.09 bits per heavy atom. The van der Waals surface area contributed by atoms with Gasteiger partial charge in [0.25, 0.3) is 0 Å². The van der Waals surface area contributed by atoms with Gasteiger partial charge in [0.15, 0.2) is 9.84 Å². The first kappa shape index (κ1) is 22.5. The van der Waals surface area contributed by atoms with Crippen LogP contribution < -0.4 is 4.74 Å². The van der Waals surface area contributed by atoms with E-state index in [1.54, 1.807) is 18.2 Å². The van der Waals surface area contributed by atoms with Crippen molar-refractivity contribution < 1.29 is 27.1 Å². The fourth-order valence-corrected chi connectivity index (χ4v) is 5.63. The van der Waals surface area contributed by atoms with Gasteiger partial charge in [0.1, 0.15) is 35.8 Å². The number of ether oxygens (including phenoxy) is 1. The highest BCUT2D eigenvalue weighted by atomic mass is 32.2. The Morgan fingerprint density at radius 2 is 1.84 bits per heavy atom. The molecule has 4 rings (SSSR count).